The van der Waals surface area contributed by atoms with Crippen molar-refractivity contribution in [1.82, 2.24) is 0 Å². The third kappa shape index (κ3) is 2.59. The highest BCUT2D eigenvalue weighted by molar-refractivity contribution is 7.91. The summed E-state index contributed by atoms with van der Waals surface area (Å²) in [5.74, 6) is 0. The summed E-state index contributed by atoms with van der Waals surface area (Å²) in [5.41, 5.74) is -0.0603. The fraction of sp³-hybridized carbons (Fsp3) is 0.222. The summed E-state index contributed by atoms with van der Waals surface area (Å²) in [6.45, 7) is 0. The van der Waals surface area contributed by atoms with Gasteiger partial charge < -0.3 is 0 Å². The molecule has 0 N–H and O–H groups in total. The Morgan fingerprint density at radius 1 is 1.06 bits per heavy atom. The van der Waals surface area contributed by atoms with Gasteiger partial charge in [0.25, 0.3) is 0 Å². The average molecular weight is 259 g/mol. The molecule has 1 aromatic carbocycles. The molecule has 5 nitrogen and oxygen atoms in total. The zero-order valence-corrected chi connectivity index (χ0v) is 10.3. The quantitative estimate of drug-likeness (QED) is 0.764. The summed E-state index contributed by atoms with van der Waals surface area (Å²) < 4.78 is 45.2. The van der Waals surface area contributed by atoms with Crippen LogP contribution in [-0.4, -0.2) is 29.3 Å². The fourth-order valence-corrected chi connectivity index (χ4v) is 2.71. The molecule has 0 saturated heterocycles. The Balaban J connectivity index is 3.67. The van der Waals surface area contributed by atoms with Gasteiger partial charge in [-0.2, -0.15) is 5.26 Å². The van der Waals surface area contributed by atoms with Crippen LogP contribution in [0.25, 0.3) is 0 Å². The molecular formula is C9H9NO4S2. The molecule has 0 amide bonds. The van der Waals surface area contributed by atoms with Crippen LogP contribution in [0.2, 0.25) is 0 Å². The van der Waals surface area contributed by atoms with Gasteiger partial charge in [-0.25, -0.2) is 16.8 Å². The molecule has 0 spiro atoms. The van der Waals surface area contributed by atoms with E-state index in [-0.39, 0.29) is 15.4 Å². The standard InChI is InChI=1S/C9H9NO4S2/c1-15(11,12)8-4-3-7(6-10)9(5-8)16(2,13)14/h3-5H,1-2H3. The van der Waals surface area contributed by atoms with Gasteiger partial charge in [0.2, 0.25) is 0 Å². The van der Waals surface area contributed by atoms with E-state index in [0.717, 1.165) is 18.6 Å². The second-order valence-electron chi connectivity index (χ2n) is 3.31. The molecule has 0 aliphatic rings. The minimum Gasteiger partial charge on any atom is -0.224 e. The largest absolute Gasteiger partial charge is 0.224 e. The molecule has 86 valence electrons. The highest BCUT2D eigenvalue weighted by Gasteiger charge is 2.17. The monoisotopic (exact) mass is 259 g/mol. The van der Waals surface area contributed by atoms with Crippen LogP contribution in [0.5, 0.6) is 0 Å². The Bertz CT molecular complexity index is 666. The maximum Gasteiger partial charge on any atom is 0.176 e. The highest BCUT2D eigenvalue weighted by atomic mass is 32.2. The predicted molar refractivity (Wildman–Crippen MR) is 57.4 cm³/mol. The molecule has 7 heteroatoms. The molecule has 0 aliphatic heterocycles. The predicted octanol–water partition coefficient (Wildman–Crippen LogP) is 0.365. The number of sulfone groups is 2. The minimum absolute atomic E-state index is 0.0603. The average Bonchev–Trinajstić information content (AvgIpc) is 2.14. The number of nitriles is 1. The van der Waals surface area contributed by atoms with Gasteiger partial charge in [0, 0.05) is 12.5 Å². The normalized spacial score (nSPS) is 12.1. The summed E-state index contributed by atoms with van der Waals surface area (Å²) in [6.07, 6.45) is 1.90. The molecule has 0 atom stereocenters. The Hall–Kier alpha value is -1.39. The molecule has 0 unspecified atom stereocenters. The van der Waals surface area contributed by atoms with Gasteiger partial charge in [-0.05, 0) is 18.2 Å². The molecule has 0 radical (unpaired) electrons. The number of nitrogens with zero attached hydrogens (tertiary/aromatic N) is 1. The van der Waals surface area contributed by atoms with Crippen molar-refractivity contribution in [3.8, 4) is 6.07 Å². The van der Waals surface area contributed by atoms with Crippen molar-refractivity contribution in [2.45, 2.75) is 9.79 Å². The van der Waals surface area contributed by atoms with Gasteiger partial charge in [0.15, 0.2) is 19.7 Å². The van der Waals surface area contributed by atoms with Crippen LogP contribution in [0.4, 0.5) is 0 Å². The van der Waals surface area contributed by atoms with Gasteiger partial charge in [-0.3, -0.25) is 0 Å². The van der Waals surface area contributed by atoms with Crippen LogP contribution in [0.15, 0.2) is 28.0 Å². The molecule has 1 rings (SSSR count). The Morgan fingerprint density at radius 2 is 1.62 bits per heavy atom. The van der Waals surface area contributed by atoms with Crippen LogP contribution < -0.4 is 0 Å². The third-order valence-corrected chi connectivity index (χ3v) is 4.15. The van der Waals surface area contributed by atoms with Gasteiger partial charge in [-0.15, -0.1) is 0 Å². The van der Waals surface area contributed by atoms with Crippen molar-refractivity contribution in [3.05, 3.63) is 23.8 Å². The van der Waals surface area contributed by atoms with Crippen molar-refractivity contribution in [3.63, 3.8) is 0 Å². The van der Waals surface area contributed by atoms with Crippen molar-refractivity contribution < 1.29 is 16.8 Å². The lowest BCUT2D eigenvalue weighted by Crippen LogP contribution is -2.04. The topological polar surface area (TPSA) is 92.1 Å². The summed E-state index contributed by atoms with van der Waals surface area (Å²) in [4.78, 5) is -0.384. The fourth-order valence-electron chi connectivity index (χ4n) is 1.13. The van der Waals surface area contributed by atoms with Gasteiger partial charge >= 0.3 is 0 Å². The molecule has 0 bridgehead atoms. The summed E-state index contributed by atoms with van der Waals surface area (Å²) >= 11 is 0. The first-order valence-electron chi connectivity index (χ1n) is 4.10. The van der Waals surface area contributed by atoms with Gasteiger partial charge in [0.1, 0.15) is 6.07 Å². The van der Waals surface area contributed by atoms with E-state index in [9.17, 15) is 16.8 Å². The van der Waals surface area contributed by atoms with E-state index in [0.29, 0.717) is 0 Å². The molecule has 0 heterocycles. The van der Waals surface area contributed by atoms with Crippen LogP contribution in [-0.2, 0) is 19.7 Å². The first kappa shape index (κ1) is 12.7. The number of hydrogen-bond acceptors (Lipinski definition) is 5. The lowest BCUT2D eigenvalue weighted by molar-refractivity contribution is 0.600. The molecule has 16 heavy (non-hydrogen) atoms. The molecular weight excluding hydrogens is 250 g/mol. The van der Waals surface area contributed by atoms with E-state index in [1.165, 1.54) is 12.1 Å². The summed E-state index contributed by atoms with van der Waals surface area (Å²) in [5, 5.41) is 8.71. The maximum absolute atomic E-state index is 11.3. The van der Waals surface area contributed by atoms with E-state index >= 15 is 0 Å². The molecule has 0 saturated carbocycles. The third-order valence-electron chi connectivity index (χ3n) is 1.90. The van der Waals surface area contributed by atoms with Gasteiger partial charge in [0.05, 0.1) is 15.4 Å². The van der Waals surface area contributed by atoms with Crippen molar-refractivity contribution >= 4 is 19.7 Å². The molecule has 0 aliphatic carbocycles. The minimum atomic E-state index is -3.62. The zero-order valence-electron chi connectivity index (χ0n) is 8.63. The second kappa shape index (κ2) is 3.88. The van der Waals surface area contributed by atoms with Gasteiger partial charge in [-0.1, -0.05) is 0 Å². The number of hydrogen-bond donors (Lipinski definition) is 0. The Labute approximate surface area is 94.2 Å². The van der Waals surface area contributed by atoms with E-state index < -0.39 is 19.7 Å². The smallest absolute Gasteiger partial charge is 0.176 e. The summed E-state index contributed by atoms with van der Waals surface area (Å²) in [6, 6.07) is 5.11. The Morgan fingerprint density at radius 3 is 2.00 bits per heavy atom. The van der Waals surface area contributed by atoms with Crippen molar-refractivity contribution in [2.24, 2.45) is 0 Å². The van der Waals surface area contributed by atoms with E-state index in [1.807, 2.05) is 0 Å². The first-order chi connectivity index (χ1) is 7.16. The van der Waals surface area contributed by atoms with E-state index in [4.69, 9.17) is 5.26 Å². The summed E-state index contributed by atoms with van der Waals surface area (Å²) in [7, 11) is -7.10. The zero-order chi connectivity index (χ0) is 12.6. The first-order valence-corrected chi connectivity index (χ1v) is 7.89. The lowest BCUT2D eigenvalue weighted by atomic mass is 10.2. The van der Waals surface area contributed by atoms with Crippen LogP contribution >= 0.6 is 0 Å². The molecule has 0 aromatic heterocycles. The SMILES string of the molecule is CS(=O)(=O)c1ccc(C#N)c(S(C)(=O)=O)c1. The maximum atomic E-state index is 11.3. The Kier molecular flexibility index (Phi) is 3.08. The van der Waals surface area contributed by atoms with Crippen molar-refractivity contribution in [1.29, 1.82) is 5.26 Å². The van der Waals surface area contributed by atoms with Crippen LogP contribution in [0.3, 0.4) is 0 Å². The molecule has 0 fully saturated rings. The lowest BCUT2D eigenvalue weighted by Gasteiger charge is -2.04. The highest BCUT2D eigenvalue weighted by Crippen LogP contribution is 2.19. The number of rotatable bonds is 2. The van der Waals surface area contributed by atoms with E-state index in [2.05, 4.69) is 0 Å². The second-order valence-corrected chi connectivity index (χ2v) is 7.31. The van der Waals surface area contributed by atoms with Crippen LogP contribution in [0.1, 0.15) is 5.56 Å². The van der Waals surface area contributed by atoms with Crippen LogP contribution in [0, 0.1) is 11.3 Å². The van der Waals surface area contributed by atoms with E-state index in [1.54, 1.807) is 6.07 Å². The van der Waals surface area contributed by atoms with Crippen molar-refractivity contribution in [2.75, 3.05) is 12.5 Å². The number of benzene rings is 1. The molecule has 1 aromatic rings.